The van der Waals surface area contributed by atoms with Crippen molar-refractivity contribution in [1.82, 2.24) is 0 Å². The minimum absolute atomic E-state index is 0.176. The predicted octanol–water partition coefficient (Wildman–Crippen LogP) is 1.95. The molecule has 2 N–H and O–H groups in total. The second-order valence-electron chi connectivity index (χ2n) is 4.94. The summed E-state index contributed by atoms with van der Waals surface area (Å²) in [5, 5.41) is 19.3. The van der Waals surface area contributed by atoms with Crippen molar-refractivity contribution in [2.24, 2.45) is 5.92 Å². The van der Waals surface area contributed by atoms with E-state index >= 15 is 0 Å². The van der Waals surface area contributed by atoms with E-state index in [4.69, 9.17) is 0 Å². The molecule has 0 saturated carbocycles. The largest absolute Gasteiger partial charge is 0.394 e. The second-order valence-corrected chi connectivity index (χ2v) is 4.94. The van der Waals surface area contributed by atoms with Gasteiger partial charge in [-0.15, -0.1) is 0 Å². The van der Waals surface area contributed by atoms with E-state index in [1.54, 1.807) is 6.92 Å². The van der Waals surface area contributed by atoms with Crippen LogP contribution in [0.5, 0.6) is 0 Å². The molecule has 1 aliphatic rings. The molecule has 94 valence electrons. The molecule has 1 aromatic carbocycles. The number of aliphatic hydroxyl groups excluding tert-OH is 2. The fraction of sp³-hybridized carbons (Fsp3) is 0.571. The number of nitrogens with zero attached hydrogens (tertiary/aromatic N) is 1. The molecule has 1 aliphatic heterocycles. The third-order valence-electron chi connectivity index (χ3n) is 3.77. The van der Waals surface area contributed by atoms with Gasteiger partial charge in [-0.05, 0) is 25.3 Å². The smallest absolute Gasteiger partial charge is 0.0781 e. The molecular weight excluding hydrogens is 214 g/mol. The molecule has 1 saturated heterocycles. The third kappa shape index (κ3) is 2.31. The van der Waals surface area contributed by atoms with Gasteiger partial charge in [0.2, 0.25) is 0 Å². The molecule has 2 unspecified atom stereocenters. The molecule has 1 aromatic rings. The molecule has 3 atom stereocenters. The second kappa shape index (κ2) is 5.07. The van der Waals surface area contributed by atoms with Crippen LogP contribution in [-0.4, -0.2) is 29.4 Å². The van der Waals surface area contributed by atoms with Gasteiger partial charge in [-0.25, -0.2) is 0 Å². The molecule has 0 bridgehead atoms. The Morgan fingerprint density at radius 2 is 2.12 bits per heavy atom. The molecule has 0 aliphatic carbocycles. The van der Waals surface area contributed by atoms with Gasteiger partial charge in [0.1, 0.15) is 0 Å². The molecule has 17 heavy (non-hydrogen) atoms. The van der Waals surface area contributed by atoms with Crippen LogP contribution in [0.2, 0.25) is 0 Å². The normalized spacial score (nSPS) is 26.2. The summed E-state index contributed by atoms with van der Waals surface area (Å²) in [7, 11) is 0. The van der Waals surface area contributed by atoms with E-state index in [0.29, 0.717) is 5.92 Å². The van der Waals surface area contributed by atoms with Gasteiger partial charge in [-0.3, -0.25) is 0 Å². The number of para-hydroxylation sites is 1. The summed E-state index contributed by atoms with van der Waals surface area (Å²) >= 11 is 0. The monoisotopic (exact) mass is 235 g/mol. The molecule has 1 heterocycles. The topological polar surface area (TPSA) is 43.7 Å². The van der Waals surface area contributed by atoms with Gasteiger partial charge in [0, 0.05) is 17.8 Å². The lowest BCUT2D eigenvalue weighted by Crippen LogP contribution is -2.35. The molecule has 0 spiro atoms. The summed E-state index contributed by atoms with van der Waals surface area (Å²) in [6.45, 7) is 5.09. The van der Waals surface area contributed by atoms with E-state index in [1.165, 1.54) is 0 Å². The lowest BCUT2D eigenvalue weighted by Gasteiger charge is -2.30. The van der Waals surface area contributed by atoms with Crippen LogP contribution < -0.4 is 4.90 Å². The fourth-order valence-electron chi connectivity index (χ4n) is 2.69. The molecular formula is C14H21NO2. The lowest BCUT2D eigenvalue weighted by molar-refractivity contribution is 0.199. The number of hydrogen-bond acceptors (Lipinski definition) is 3. The molecule has 0 radical (unpaired) electrons. The highest BCUT2D eigenvalue weighted by atomic mass is 16.3. The van der Waals surface area contributed by atoms with Crippen LogP contribution in [0.25, 0.3) is 0 Å². The van der Waals surface area contributed by atoms with Crippen LogP contribution in [0.4, 0.5) is 5.69 Å². The first-order valence-electron chi connectivity index (χ1n) is 6.29. The van der Waals surface area contributed by atoms with Crippen LogP contribution in [0.1, 0.15) is 31.9 Å². The van der Waals surface area contributed by atoms with E-state index in [0.717, 1.165) is 24.2 Å². The van der Waals surface area contributed by atoms with Crippen LogP contribution in [-0.2, 0) is 0 Å². The molecule has 0 aromatic heterocycles. The summed E-state index contributed by atoms with van der Waals surface area (Å²) in [5.74, 6) is 0.502. The van der Waals surface area contributed by atoms with Gasteiger partial charge < -0.3 is 15.1 Å². The molecule has 3 nitrogen and oxygen atoms in total. The van der Waals surface area contributed by atoms with Gasteiger partial charge in [0.05, 0.1) is 18.8 Å². The van der Waals surface area contributed by atoms with Crippen molar-refractivity contribution in [3.05, 3.63) is 29.8 Å². The first-order chi connectivity index (χ1) is 8.15. The van der Waals surface area contributed by atoms with Crippen LogP contribution in [0, 0.1) is 5.92 Å². The van der Waals surface area contributed by atoms with Crippen molar-refractivity contribution in [2.45, 2.75) is 32.4 Å². The first-order valence-corrected chi connectivity index (χ1v) is 6.29. The highest BCUT2D eigenvalue weighted by molar-refractivity contribution is 5.56. The summed E-state index contributed by atoms with van der Waals surface area (Å²) in [5.41, 5.74) is 2.01. The SMILES string of the molecule is CC1CCN(c2ccccc2[C@@H](C)O)C1CO. The highest BCUT2D eigenvalue weighted by Crippen LogP contribution is 2.34. The van der Waals surface area contributed by atoms with Crippen molar-refractivity contribution in [3.8, 4) is 0 Å². The van der Waals surface area contributed by atoms with Crippen LogP contribution >= 0.6 is 0 Å². The summed E-state index contributed by atoms with van der Waals surface area (Å²) < 4.78 is 0. The van der Waals surface area contributed by atoms with E-state index < -0.39 is 6.10 Å². The van der Waals surface area contributed by atoms with Crippen LogP contribution in [0.3, 0.4) is 0 Å². The van der Waals surface area contributed by atoms with E-state index in [9.17, 15) is 10.2 Å². The quantitative estimate of drug-likeness (QED) is 0.841. The number of anilines is 1. The lowest BCUT2D eigenvalue weighted by atomic mass is 10.0. The van der Waals surface area contributed by atoms with E-state index in [-0.39, 0.29) is 12.6 Å². The molecule has 3 heteroatoms. The Labute approximate surface area is 103 Å². The Balaban J connectivity index is 2.33. The molecule has 1 fully saturated rings. The van der Waals surface area contributed by atoms with Crippen molar-refractivity contribution >= 4 is 5.69 Å². The predicted molar refractivity (Wildman–Crippen MR) is 69.1 cm³/mol. The maximum Gasteiger partial charge on any atom is 0.0781 e. The first kappa shape index (κ1) is 12.4. The van der Waals surface area contributed by atoms with E-state index in [2.05, 4.69) is 11.8 Å². The summed E-state index contributed by atoms with van der Waals surface area (Å²) in [4.78, 5) is 2.23. The average Bonchev–Trinajstić information content (AvgIpc) is 2.70. The number of aliphatic hydroxyl groups is 2. The van der Waals surface area contributed by atoms with Gasteiger partial charge >= 0.3 is 0 Å². The third-order valence-corrected chi connectivity index (χ3v) is 3.77. The number of benzene rings is 1. The zero-order chi connectivity index (χ0) is 12.4. The zero-order valence-electron chi connectivity index (χ0n) is 10.5. The Kier molecular flexibility index (Phi) is 3.69. The van der Waals surface area contributed by atoms with Gasteiger partial charge in [-0.1, -0.05) is 25.1 Å². The van der Waals surface area contributed by atoms with Crippen LogP contribution in [0.15, 0.2) is 24.3 Å². The Hall–Kier alpha value is -1.06. The maximum atomic E-state index is 9.80. The Morgan fingerprint density at radius 3 is 2.76 bits per heavy atom. The Morgan fingerprint density at radius 1 is 1.41 bits per heavy atom. The standard InChI is InChI=1S/C14H21NO2/c1-10-7-8-15(14(10)9-16)13-6-4-3-5-12(13)11(2)17/h3-6,10-11,14,16-17H,7-9H2,1-2H3/t10?,11-,14?/m1/s1. The number of hydrogen-bond donors (Lipinski definition) is 2. The van der Waals surface area contributed by atoms with E-state index in [1.807, 2.05) is 24.3 Å². The zero-order valence-corrected chi connectivity index (χ0v) is 10.5. The minimum Gasteiger partial charge on any atom is -0.394 e. The summed E-state index contributed by atoms with van der Waals surface area (Å²) in [6.07, 6.45) is 0.626. The van der Waals surface area contributed by atoms with Crippen molar-refractivity contribution in [2.75, 3.05) is 18.1 Å². The van der Waals surface area contributed by atoms with Gasteiger partial charge in [0.25, 0.3) is 0 Å². The number of rotatable bonds is 3. The maximum absolute atomic E-state index is 9.80. The summed E-state index contributed by atoms with van der Waals surface area (Å²) in [6, 6.07) is 8.09. The van der Waals surface area contributed by atoms with Crippen molar-refractivity contribution < 1.29 is 10.2 Å². The average molecular weight is 235 g/mol. The van der Waals surface area contributed by atoms with Gasteiger partial charge in [0.15, 0.2) is 0 Å². The molecule has 2 rings (SSSR count). The molecule has 0 amide bonds. The Bertz CT molecular complexity index is 378. The van der Waals surface area contributed by atoms with Gasteiger partial charge in [-0.2, -0.15) is 0 Å². The highest BCUT2D eigenvalue weighted by Gasteiger charge is 2.31. The fourth-order valence-corrected chi connectivity index (χ4v) is 2.69. The van der Waals surface area contributed by atoms with Crippen molar-refractivity contribution in [1.29, 1.82) is 0 Å². The minimum atomic E-state index is -0.471. The van der Waals surface area contributed by atoms with Crippen molar-refractivity contribution in [3.63, 3.8) is 0 Å².